The van der Waals surface area contributed by atoms with Gasteiger partial charge in [0.05, 0.1) is 24.1 Å². The Labute approximate surface area is 129 Å². The number of hydrogen-bond acceptors (Lipinski definition) is 4. The second-order valence-electron chi connectivity index (χ2n) is 6.10. The normalized spacial score (nSPS) is 14.5. The molecule has 1 aliphatic rings. The molecule has 22 heavy (non-hydrogen) atoms. The number of aromatic nitrogens is 4. The van der Waals surface area contributed by atoms with Gasteiger partial charge >= 0.3 is 0 Å². The van der Waals surface area contributed by atoms with Crippen LogP contribution in [0.1, 0.15) is 34.9 Å². The van der Waals surface area contributed by atoms with Gasteiger partial charge < -0.3 is 10.2 Å². The highest BCUT2D eigenvalue weighted by molar-refractivity contribution is 6.03. The largest absolute Gasteiger partial charge is 0.318 e. The van der Waals surface area contributed by atoms with E-state index in [1.807, 2.05) is 31.0 Å². The summed E-state index contributed by atoms with van der Waals surface area (Å²) in [5.74, 6) is 0.399. The van der Waals surface area contributed by atoms with Gasteiger partial charge in [-0.3, -0.25) is 14.2 Å². The molecule has 0 spiro atoms. The molecule has 1 N–H and O–H groups in total. The molecular weight excluding hydrogens is 280 g/mol. The molecule has 1 saturated carbocycles. The number of carbonyl (C=O) groups is 1. The van der Waals surface area contributed by atoms with Gasteiger partial charge in [-0.25, -0.2) is 0 Å². The van der Waals surface area contributed by atoms with E-state index in [0.29, 0.717) is 17.3 Å². The van der Waals surface area contributed by atoms with Crippen molar-refractivity contribution in [3.63, 3.8) is 0 Å². The number of nitrogens with zero attached hydrogens (tertiary/aromatic N) is 5. The van der Waals surface area contributed by atoms with Gasteiger partial charge in [0.25, 0.3) is 5.91 Å². The van der Waals surface area contributed by atoms with Crippen molar-refractivity contribution in [3.05, 3.63) is 29.8 Å². The fourth-order valence-corrected chi connectivity index (χ4v) is 2.33. The summed E-state index contributed by atoms with van der Waals surface area (Å²) in [5.41, 5.74) is 2.31. The monoisotopic (exact) mass is 302 g/mol. The second-order valence-corrected chi connectivity index (χ2v) is 6.10. The van der Waals surface area contributed by atoms with E-state index in [2.05, 4.69) is 20.4 Å². The van der Waals surface area contributed by atoms with E-state index in [9.17, 15) is 4.79 Å². The van der Waals surface area contributed by atoms with Crippen LogP contribution in [0, 0.1) is 0 Å². The number of carbonyl (C=O) groups excluding carboxylic acids is 1. The first-order valence-electron chi connectivity index (χ1n) is 7.55. The fraction of sp³-hybridized carbons (Fsp3) is 0.533. The zero-order valence-corrected chi connectivity index (χ0v) is 13.3. The molecule has 2 heterocycles. The molecule has 3 rings (SSSR count). The molecule has 2 aromatic rings. The molecule has 0 aromatic carbocycles. The molecule has 0 aliphatic heterocycles. The molecule has 1 aliphatic carbocycles. The maximum atomic E-state index is 12.3. The Morgan fingerprint density at radius 2 is 2.23 bits per heavy atom. The van der Waals surface area contributed by atoms with Crippen LogP contribution in [0.2, 0.25) is 0 Å². The molecule has 118 valence electrons. The van der Waals surface area contributed by atoms with Crippen molar-refractivity contribution in [1.29, 1.82) is 0 Å². The Kier molecular flexibility index (Phi) is 3.98. The molecule has 1 fully saturated rings. The lowest BCUT2D eigenvalue weighted by Crippen LogP contribution is -2.18. The Hall–Kier alpha value is -2.15. The summed E-state index contributed by atoms with van der Waals surface area (Å²) < 4.78 is 3.48. The number of amides is 1. The van der Waals surface area contributed by atoms with Crippen LogP contribution in [-0.2, 0) is 13.6 Å². The summed E-state index contributed by atoms with van der Waals surface area (Å²) >= 11 is 0. The third-order valence-electron chi connectivity index (χ3n) is 3.79. The van der Waals surface area contributed by atoms with Crippen LogP contribution in [0.4, 0.5) is 5.69 Å². The van der Waals surface area contributed by atoms with Crippen molar-refractivity contribution in [3.8, 4) is 0 Å². The number of nitrogens with one attached hydrogen (secondary N) is 1. The number of rotatable bonds is 6. The van der Waals surface area contributed by atoms with Crippen LogP contribution in [0.3, 0.4) is 0 Å². The van der Waals surface area contributed by atoms with Gasteiger partial charge in [-0.2, -0.15) is 10.2 Å². The van der Waals surface area contributed by atoms with Crippen molar-refractivity contribution in [2.24, 2.45) is 7.05 Å². The topological polar surface area (TPSA) is 68.0 Å². The van der Waals surface area contributed by atoms with Gasteiger partial charge in [-0.15, -0.1) is 0 Å². The van der Waals surface area contributed by atoms with Crippen molar-refractivity contribution >= 4 is 11.6 Å². The van der Waals surface area contributed by atoms with E-state index in [4.69, 9.17) is 0 Å². The first-order chi connectivity index (χ1) is 10.5. The summed E-state index contributed by atoms with van der Waals surface area (Å²) in [6, 6.07) is 1.89. The minimum absolute atomic E-state index is 0.144. The predicted octanol–water partition coefficient (Wildman–Crippen LogP) is 1.31. The maximum Gasteiger partial charge on any atom is 0.274 e. The van der Waals surface area contributed by atoms with Crippen LogP contribution < -0.4 is 5.32 Å². The first-order valence-corrected chi connectivity index (χ1v) is 7.55. The van der Waals surface area contributed by atoms with Gasteiger partial charge in [0.1, 0.15) is 5.69 Å². The molecule has 0 bridgehead atoms. The minimum Gasteiger partial charge on any atom is -0.318 e. The van der Waals surface area contributed by atoms with Gasteiger partial charge in [-0.05, 0) is 33.0 Å². The Bertz CT molecular complexity index is 667. The molecule has 0 radical (unpaired) electrons. The smallest absolute Gasteiger partial charge is 0.274 e. The third kappa shape index (κ3) is 3.36. The molecule has 0 atom stereocenters. The summed E-state index contributed by atoms with van der Waals surface area (Å²) in [7, 11) is 5.85. The molecule has 7 heteroatoms. The highest BCUT2D eigenvalue weighted by Crippen LogP contribution is 2.39. The summed E-state index contributed by atoms with van der Waals surface area (Å²) in [5, 5.41) is 11.6. The van der Waals surface area contributed by atoms with Gasteiger partial charge in [0.15, 0.2) is 0 Å². The summed E-state index contributed by atoms with van der Waals surface area (Å²) in [4.78, 5) is 14.4. The lowest BCUT2D eigenvalue weighted by Gasteiger charge is -2.08. The van der Waals surface area contributed by atoms with Gasteiger partial charge in [0.2, 0.25) is 0 Å². The van der Waals surface area contributed by atoms with Crippen molar-refractivity contribution in [2.45, 2.75) is 25.3 Å². The number of likely N-dealkylation sites (N-methyl/N-ethyl adjacent to an activating group) is 1. The van der Waals surface area contributed by atoms with E-state index in [0.717, 1.165) is 18.8 Å². The van der Waals surface area contributed by atoms with Crippen LogP contribution in [0.15, 0.2) is 18.5 Å². The molecule has 2 aromatic heterocycles. The van der Waals surface area contributed by atoms with Crippen molar-refractivity contribution < 1.29 is 4.79 Å². The highest BCUT2D eigenvalue weighted by atomic mass is 16.2. The number of anilines is 1. The fourth-order valence-electron chi connectivity index (χ4n) is 2.33. The molecular formula is C15H22N6O. The standard InChI is InChI=1S/C15H22N6O/c1-19(2)6-7-21-10-12(9-16-21)17-15(22)14-8-13(11-4-5-11)18-20(14)3/h8-11H,4-7H2,1-3H3,(H,17,22). The van der Waals surface area contributed by atoms with E-state index in [-0.39, 0.29) is 5.91 Å². The van der Waals surface area contributed by atoms with Crippen LogP contribution in [-0.4, -0.2) is 51.0 Å². The van der Waals surface area contributed by atoms with Crippen LogP contribution >= 0.6 is 0 Å². The average Bonchev–Trinajstić information content (AvgIpc) is 3.10. The molecule has 0 unspecified atom stereocenters. The molecule has 1 amide bonds. The summed E-state index contributed by atoms with van der Waals surface area (Å²) in [6.07, 6.45) is 5.87. The van der Waals surface area contributed by atoms with E-state index in [1.165, 1.54) is 12.8 Å². The van der Waals surface area contributed by atoms with E-state index in [1.54, 1.807) is 17.9 Å². The minimum atomic E-state index is -0.144. The number of aryl methyl sites for hydroxylation is 1. The Morgan fingerprint density at radius 3 is 2.91 bits per heavy atom. The average molecular weight is 302 g/mol. The van der Waals surface area contributed by atoms with E-state index >= 15 is 0 Å². The maximum absolute atomic E-state index is 12.3. The molecule has 7 nitrogen and oxygen atoms in total. The number of hydrogen-bond donors (Lipinski definition) is 1. The zero-order chi connectivity index (χ0) is 15.7. The quantitative estimate of drug-likeness (QED) is 0.873. The Balaban J connectivity index is 1.64. The van der Waals surface area contributed by atoms with Gasteiger partial charge in [0, 0.05) is 25.7 Å². The first kappa shape index (κ1) is 14.8. The lowest BCUT2D eigenvalue weighted by atomic mass is 10.2. The second kappa shape index (κ2) is 5.92. The van der Waals surface area contributed by atoms with Crippen molar-refractivity contribution in [2.75, 3.05) is 26.0 Å². The predicted molar refractivity (Wildman–Crippen MR) is 83.9 cm³/mol. The van der Waals surface area contributed by atoms with Gasteiger partial charge in [-0.1, -0.05) is 0 Å². The van der Waals surface area contributed by atoms with Crippen molar-refractivity contribution in [1.82, 2.24) is 24.5 Å². The van der Waals surface area contributed by atoms with Crippen LogP contribution in [0.25, 0.3) is 0 Å². The SMILES string of the molecule is CN(C)CCn1cc(NC(=O)c2cc(C3CC3)nn2C)cn1. The molecule has 0 saturated heterocycles. The van der Waals surface area contributed by atoms with E-state index < -0.39 is 0 Å². The van der Waals surface area contributed by atoms with Crippen LogP contribution in [0.5, 0.6) is 0 Å². The Morgan fingerprint density at radius 1 is 1.45 bits per heavy atom. The lowest BCUT2D eigenvalue weighted by molar-refractivity contribution is 0.101. The third-order valence-corrected chi connectivity index (χ3v) is 3.79. The zero-order valence-electron chi connectivity index (χ0n) is 13.3. The summed E-state index contributed by atoms with van der Waals surface area (Å²) in [6.45, 7) is 1.70. The highest BCUT2D eigenvalue weighted by Gasteiger charge is 2.28.